The second kappa shape index (κ2) is 7.63. The quantitative estimate of drug-likeness (QED) is 0.789. The number of benzene rings is 1. The van der Waals surface area contributed by atoms with E-state index < -0.39 is 11.6 Å². The lowest BCUT2D eigenvalue weighted by atomic mass is 10.2. The predicted molar refractivity (Wildman–Crippen MR) is 67.1 cm³/mol. The maximum absolute atomic E-state index is 13.0. The lowest BCUT2D eigenvalue weighted by Crippen LogP contribution is -2.31. The molecule has 0 fully saturated rings. The topological polar surface area (TPSA) is 32.3 Å². The van der Waals surface area contributed by atoms with Crippen LogP contribution in [0.5, 0.6) is 0 Å². The van der Waals surface area contributed by atoms with Gasteiger partial charge < -0.3 is 10.4 Å². The van der Waals surface area contributed by atoms with Crippen LogP contribution in [0.4, 0.5) is 8.78 Å². The molecule has 0 bridgehead atoms. The molecular weight excluding hydrogens is 244 g/mol. The molecule has 0 aliphatic heterocycles. The van der Waals surface area contributed by atoms with Crippen molar-refractivity contribution in [3.05, 3.63) is 35.4 Å². The molecule has 0 spiro atoms. The Morgan fingerprint density at radius 3 is 2.71 bits per heavy atom. The third-order valence-corrected chi connectivity index (χ3v) is 3.16. The van der Waals surface area contributed by atoms with Crippen molar-refractivity contribution in [2.75, 3.05) is 18.6 Å². The number of halogens is 2. The van der Waals surface area contributed by atoms with E-state index in [1.165, 1.54) is 6.07 Å². The molecule has 0 saturated carbocycles. The lowest BCUT2D eigenvalue weighted by molar-refractivity contribution is 0.269. The minimum absolute atomic E-state index is 0.121. The summed E-state index contributed by atoms with van der Waals surface area (Å²) in [6, 6.07) is 4.06. The van der Waals surface area contributed by atoms with Gasteiger partial charge in [0, 0.05) is 24.9 Å². The molecule has 2 nitrogen and oxygen atoms in total. The van der Waals surface area contributed by atoms with E-state index in [4.69, 9.17) is 5.11 Å². The molecule has 96 valence electrons. The molecule has 0 radical (unpaired) electrons. The Kier molecular flexibility index (Phi) is 6.47. The van der Waals surface area contributed by atoms with E-state index in [1.807, 2.05) is 6.26 Å². The van der Waals surface area contributed by atoms with Gasteiger partial charge in [0.25, 0.3) is 0 Å². The first kappa shape index (κ1) is 14.4. The number of hydrogen-bond donors (Lipinski definition) is 2. The van der Waals surface area contributed by atoms with Crippen LogP contribution in [0.1, 0.15) is 12.0 Å². The van der Waals surface area contributed by atoms with Gasteiger partial charge in [-0.25, -0.2) is 8.78 Å². The summed E-state index contributed by atoms with van der Waals surface area (Å²) in [4.78, 5) is 0. The maximum Gasteiger partial charge on any atom is 0.159 e. The molecule has 0 heterocycles. The van der Waals surface area contributed by atoms with Gasteiger partial charge in [-0.05, 0) is 30.4 Å². The normalized spacial score (nSPS) is 12.7. The van der Waals surface area contributed by atoms with Crippen LogP contribution in [0.25, 0.3) is 0 Å². The number of nitrogens with one attached hydrogen (secondary N) is 1. The zero-order chi connectivity index (χ0) is 12.7. The first-order chi connectivity index (χ1) is 8.17. The van der Waals surface area contributed by atoms with E-state index in [9.17, 15) is 8.78 Å². The van der Waals surface area contributed by atoms with Gasteiger partial charge in [-0.1, -0.05) is 6.07 Å². The minimum Gasteiger partial charge on any atom is -0.396 e. The number of aliphatic hydroxyl groups excluding tert-OH is 1. The van der Waals surface area contributed by atoms with Crippen LogP contribution in [0, 0.1) is 11.6 Å². The second-order valence-corrected chi connectivity index (χ2v) is 4.70. The van der Waals surface area contributed by atoms with Crippen LogP contribution < -0.4 is 5.32 Å². The second-order valence-electron chi connectivity index (χ2n) is 3.79. The molecule has 1 atom stereocenters. The van der Waals surface area contributed by atoms with Crippen molar-refractivity contribution in [1.82, 2.24) is 5.32 Å². The lowest BCUT2D eigenvalue weighted by Gasteiger charge is -2.16. The SMILES string of the molecule is CSCC(CCO)NCc1ccc(F)c(F)c1. The van der Waals surface area contributed by atoms with Gasteiger partial charge in [0.1, 0.15) is 0 Å². The van der Waals surface area contributed by atoms with Crippen LogP contribution >= 0.6 is 11.8 Å². The highest BCUT2D eigenvalue weighted by Crippen LogP contribution is 2.09. The minimum atomic E-state index is -0.829. The Labute approximate surface area is 104 Å². The average Bonchev–Trinajstić information content (AvgIpc) is 2.31. The third kappa shape index (κ3) is 5.02. The molecule has 0 amide bonds. The van der Waals surface area contributed by atoms with Gasteiger partial charge in [-0.2, -0.15) is 11.8 Å². The largest absolute Gasteiger partial charge is 0.396 e. The van der Waals surface area contributed by atoms with E-state index in [1.54, 1.807) is 17.8 Å². The molecular formula is C12H17F2NOS. The van der Waals surface area contributed by atoms with Crippen molar-refractivity contribution < 1.29 is 13.9 Å². The molecule has 1 aromatic carbocycles. The molecule has 0 aliphatic carbocycles. The summed E-state index contributed by atoms with van der Waals surface area (Å²) < 4.78 is 25.7. The number of hydrogen-bond acceptors (Lipinski definition) is 3. The Morgan fingerprint density at radius 2 is 2.12 bits per heavy atom. The first-order valence-electron chi connectivity index (χ1n) is 5.44. The average molecular weight is 261 g/mol. The van der Waals surface area contributed by atoms with E-state index >= 15 is 0 Å². The Bertz CT molecular complexity index is 343. The smallest absolute Gasteiger partial charge is 0.159 e. The highest BCUT2D eigenvalue weighted by molar-refractivity contribution is 7.98. The Morgan fingerprint density at radius 1 is 1.35 bits per heavy atom. The van der Waals surface area contributed by atoms with E-state index in [2.05, 4.69) is 5.32 Å². The Balaban J connectivity index is 2.49. The van der Waals surface area contributed by atoms with Crippen LogP contribution in [0.2, 0.25) is 0 Å². The van der Waals surface area contributed by atoms with Crippen LogP contribution in [-0.2, 0) is 6.54 Å². The summed E-state index contributed by atoms with van der Waals surface area (Å²) in [7, 11) is 0. The highest BCUT2D eigenvalue weighted by Gasteiger charge is 2.08. The summed E-state index contributed by atoms with van der Waals surface area (Å²) in [5.74, 6) is -0.776. The van der Waals surface area contributed by atoms with Crippen molar-refractivity contribution in [2.45, 2.75) is 19.0 Å². The van der Waals surface area contributed by atoms with Gasteiger partial charge in [-0.3, -0.25) is 0 Å². The van der Waals surface area contributed by atoms with Gasteiger partial charge in [0.05, 0.1) is 0 Å². The first-order valence-corrected chi connectivity index (χ1v) is 6.84. The molecule has 17 heavy (non-hydrogen) atoms. The zero-order valence-corrected chi connectivity index (χ0v) is 10.6. The van der Waals surface area contributed by atoms with Crippen molar-refractivity contribution in [3.63, 3.8) is 0 Å². The number of thioether (sulfide) groups is 1. The van der Waals surface area contributed by atoms with Crippen molar-refractivity contribution in [3.8, 4) is 0 Å². The summed E-state index contributed by atoms with van der Waals surface area (Å²) >= 11 is 1.68. The highest BCUT2D eigenvalue weighted by atomic mass is 32.2. The summed E-state index contributed by atoms with van der Waals surface area (Å²) in [6.45, 7) is 0.596. The van der Waals surface area contributed by atoms with Crippen molar-refractivity contribution in [1.29, 1.82) is 0 Å². The molecule has 0 aliphatic rings. The van der Waals surface area contributed by atoms with Crippen molar-refractivity contribution in [2.24, 2.45) is 0 Å². The molecule has 2 N–H and O–H groups in total. The standard InChI is InChI=1S/C12H17F2NOS/c1-17-8-10(4-5-16)15-7-9-2-3-11(13)12(14)6-9/h2-3,6,10,15-16H,4-5,7-8H2,1H3. The van der Waals surface area contributed by atoms with Gasteiger partial charge >= 0.3 is 0 Å². The predicted octanol–water partition coefficient (Wildman–Crippen LogP) is 2.17. The molecule has 1 rings (SSSR count). The van der Waals surface area contributed by atoms with Crippen molar-refractivity contribution >= 4 is 11.8 Å². The molecule has 1 aromatic rings. The maximum atomic E-state index is 13.0. The molecule has 5 heteroatoms. The van der Waals surface area contributed by atoms with E-state index in [0.717, 1.165) is 11.8 Å². The third-order valence-electron chi connectivity index (χ3n) is 2.42. The van der Waals surface area contributed by atoms with E-state index in [0.29, 0.717) is 18.5 Å². The molecule has 1 unspecified atom stereocenters. The molecule has 0 aromatic heterocycles. The van der Waals surface area contributed by atoms with Gasteiger partial charge in [-0.15, -0.1) is 0 Å². The van der Waals surface area contributed by atoms with Gasteiger partial charge in [0.15, 0.2) is 11.6 Å². The van der Waals surface area contributed by atoms with E-state index in [-0.39, 0.29) is 12.6 Å². The Hall–Kier alpha value is -0.650. The van der Waals surface area contributed by atoms with Gasteiger partial charge in [0.2, 0.25) is 0 Å². The molecule has 0 saturated heterocycles. The number of aliphatic hydroxyl groups is 1. The monoisotopic (exact) mass is 261 g/mol. The van der Waals surface area contributed by atoms with Crippen LogP contribution in [0.15, 0.2) is 18.2 Å². The summed E-state index contributed by atoms with van der Waals surface area (Å²) in [5.41, 5.74) is 0.702. The van der Waals surface area contributed by atoms with Crippen LogP contribution in [0.3, 0.4) is 0 Å². The fourth-order valence-electron chi connectivity index (χ4n) is 1.51. The summed E-state index contributed by atoms with van der Waals surface area (Å²) in [6.07, 6.45) is 2.65. The fourth-order valence-corrected chi connectivity index (χ4v) is 2.20. The fraction of sp³-hybridized carbons (Fsp3) is 0.500. The summed E-state index contributed by atoms with van der Waals surface area (Å²) in [5, 5.41) is 12.1. The number of rotatable bonds is 7. The van der Waals surface area contributed by atoms with Crippen LogP contribution in [-0.4, -0.2) is 29.8 Å². The zero-order valence-electron chi connectivity index (χ0n) is 9.75.